The molecule has 0 amide bonds. The predicted octanol–water partition coefficient (Wildman–Crippen LogP) is 17.0. The van der Waals surface area contributed by atoms with Crippen LogP contribution in [0.2, 0.25) is 0 Å². The molecule has 7 heteroatoms. The minimum absolute atomic E-state index is 0.522. The molecule has 5 nitrogen and oxygen atoms in total. The van der Waals surface area contributed by atoms with Crippen molar-refractivity contribution in [3.63, 3.8) is 0 Å². The first kappa shape index (κ1) is 37.3. The molecule has 5 heterocycles. The molecule has 13 aromatic rings. The number of rotatable bonds is 5. The van der Waals surface area contributed by atoms with Gasteiger partial charge in [0.2, 0.25) is 0 Å². The van der Waals surface area contributed by atoms with Crippen molar-refractivity contribution in [2.24, 2.45) is 0 Å². The lowest BCUT2D eigenvalue weighted by Crippen LogP contribution is -2.00. The van der Waals surface area contributed by atoms with Crippen LogP contribution in [0.1, 0.15) is 11.1 Å². The van der Waals surface area contributed by atoms with Gasteiger partial charge < -0.3 is 8.83 Å². The van der Waals surface area contributed by atoms with Crippen LogP contribution in [-0.4, -0.2) is 15.0 Å². The average molecular weight is 880 g/mol. The highest BCUT2D eigenvalue weighted by Crippen LogP contribution is 2.48. The summed E-state index contributed by atoms with van der Waals surface area (Å²) in [4.78, 5) is 18.2. The zero-order valence-electron chi connectivity index (χ0n) is 35.1. The molecule has 0 fully saturated rings. The van der Waals surface area contributed by atoms with Crippen LogP contribution in [0.15, 0.2) is 208 Å². The Morgan fingerprint density at radius 3 is 1.77 bits per heavy atom. The van der Waals surface area contributed by atoms with E-state index in [4.69, 9.17) is 23.8 Å². The Kier molecular flexibility index (Phi) is 8.17. The first-order chi connectivity index (χ1) is 32.6. The van der Waals surface area contributed by atoms with Crippen molar-refractivity contribution in [2.45, 2.75) is 4.90 Å². The van der Waals surface area contributed by atoms with E-state index in [0.717, 1.165) is 77.1 Å². The van der Waals surface area contributed by atoms with Gasteiger partial charge >= 0.3 is 0 Å². The highest BCUT2D eigenvalue weighted by Gasteiger charge is 2.23. The first-order valence-corrected chi connectivity index (χ1v) is 23.5. The summed E-state index contributed by atoms with van der Waals surface area (Å²) in [5.41, 5.74) is 11.3. The van der Waals surface area contributed by atoms with Crippen LogP contribution in [0.25, 0.3) is 131 Å². The number of benzene rings is 9. The zero-order valence-corrected chi connectivity index (χ0v) is 36.7. The molecule has 0 spiro atoms. The smallest absolute Gasteiger partial charge is 0.167 e. The van der Waals surface area contributed by atoms with Crippen LogP contribution < -0.4 is 0 Å². The van der Waals surface area contributed by atoms with Gasteiger partial charge in [0, 0.05) is 62.6 Å². The van der Waals surface area contributed by atoms with E-state index in [2.05, 4.69) is 134 Å². The van der Waals surface area contributed by atoms with E-state index in [1.54, 1.807) is 11.3 Å². The van der Waals surface area contributed by atoms with E-state index in [1.165, 1.54) is 52.0 Å². The minimum atomic E-state index is 0.522. The molecule has 66 heavy (non-hydrogen) atoms. The number of hydrogen-bond donors (Lipinski definition) is 0. The van der Waals surface area contributed by atoms with E-state index >= 15 is 0 Å². The van der Waals surface area contributed by atoms with E-state index in [0.29, 0.717) is 17.5 Å². The predicted molar refractivity (Wildman–Crippen MR) is 276 cm³/mol. The normalized spacial score (nSPS) is 12.9. The third-order valence-electron chi connectivity index (χ3n) is 12.9. The van der Waals surface area contributed by atoms with Crippen LogP contribution in [0, 0.1) is 0 Å². The second-order valence-corrected chi connectivity index (χ2v) is 18.9. The summed E-state index contributed by atoms with van der Waals surface area (Å²) in [6.07, 6.45) is 2.24. The van der Waals surface area contributed by atoms with Gasteiger partial charge in [0.1, 0.15) is 22.3 Å². The number of thiophene rings is 1. The van der Waals surface area contributed by atoms with Crippen LogP contribution in [-0.2, 0) is 0 Å². The van der Waals surface area contributed by atoms with Crippen molar-refractivity contribution in [1.29, 1.82) is 0 Å². The van der Waals surface area contributed by atoms with Crippen molar-refractivity contribution in [3.8, 4) is 45.3 Å². The van der Waals surface area contributed by atoms with Gasteiger partial charge in [-0.05, 0) is 99.8 Å². The molecule has 0 saturated heterocycles. The summed E-state index contributed by atoms with van der Waals surface area (Å²) < 4.78 is 15.5. The number of aromatic nitrogens is 3. The number of fused-ring (bicyclic) bond motifs is 12. The summed E-state index contributed by atoms with van der Waals surface area (Å²) in [5.74, 6) is 1.61. The fourth-order valence-corrected chi connectivity index (χ4v) is 12.1. The van der Waals surface area contributed by atoms with Gasteiger partial charge in [-0.1, -0.05) is 140 Å². The molecule has 1 aliphatic rings. The SMILES string of the molecule is C=C1C=C(c2cccc(-c3cccc4sc5ccc(-c6nc(-c7cccc8c7oc7ccccc78)nc(-c7cccc8c7oc7ccccc78)n6)cc5c34)c2)Sc2ccc3ccccc3c21. The van der Waals surface area contributed by atoms with Crippen molar-refractivity contribution in [1.82, 2.24) is 15.0 Å². The monoisotopic (exact) mass is 879 g/mol. The van der Waals surface area contributed by atoms with E-state index in [9.17, 15) is 0 Å². The van der Waals surface area contributed by atoms with E-state index in [-0.39, 0.29) is 0 Å². The Morgan fingerprint density at radius 2 is 1.03 bits per heavy atom. The summed E-state index contributed by atoms with van der Waals surface area (Å²) in [7, 11) is 0. The van der Waals surface area contributed by atoms with E-state index < -0.39 is 0 Å². The summed E-state index contributed by atoms with van der Waals surface area (Å²) in [6, 6.07) is 63.7. The van der Waals surface area contributed by atoms with Gasteiger partial charge in [0.15, 0.2) is 17.5 Å². The zero-order chi connectivity index (χ0) is 43.5. The molecular weight excluding hydrogens is 847 g/mol. The topological polar surface area (TPSA) is 65.0 Å². The van der Waals surface area contributed by atoms with Crippen LogP contribution in [0.5, 0.6) is 0 Å². The summed E-state index contributed by atoms with van der Waals surface area (Å²) in [6.45, 7) is 4.54. The standard InChI is InChI=1S/C59H33N3O2S2/c1-33-30-52(66-51-29-26-34-12-2-3-15-38(34)53(33)51)36-14-8-13-35(31-36)39-18-11-25-50-54(39)46-32-37(27-28-49(46)65-50)57-60-58(44-21-9-19-42-40-16-4-6-23-47(40)63-55(42)44)62-59(61-57)45-22-10-20-43-41-17-5-7-24-48(41)64-56(43)45/h2-32H,1H2. The molecule has 0 bridgehead atoms. The van der Waals surface area contributed by atoms with Crippen LogP contribution in [0.3, 0.4) is 0 Å². The fourth-order valence-electron chi connectivity index (χ4n) is 9.83. The number of hydrogen-bond acceptors (Lipinski definition) is 7. The summed E-state index contributed by atoms with van der Waals surface area (Å²) in [5, 5.41) is 8.94. The second kappa shape index (κ2) is 14.5. The highest BCUT2D eigenvalue weighted by atomic mass is 32.2. The molecule has 0 saturated carbocycles. The molecular formula is C59H33N3O2S2. The minimum Gasteiger partial charge on any atom is -0.455 e. The number of nitrogens with zero attached hydrogens (tertiary/aromatic N) is 3. The van der Waals surface area contributed by atoms with Crippen molar-refractivity contribution in [2.75, 3.05) is 0 Å². The Bertz CT molecular complexity index is 4120. The summed E-state index contributed by atoms with van der Waals surface area (Å²) >= 11 is 3.61. The van der Waals surface area contributed by atoms with Gasteiger partial charge in [-0.3, -0.25) is 0 Å². The maximum absolute atomic E-state index is 6.55. The Labute approximate surface area is 386 Å². The molecule has 0 unspecified atom stereocenters. The number of allylic oxidation sites excluding steroid dienone is 2. The molecule has 0 N–H and O–H groups in total. The van der Waals surface area contributed by atoms with Crippen LogP contribution in [0.4, 0.5) is 0 Å². The molecule has 0 aliphatic carbocycles. The molecule has 0 atom stereocenters. The number of furan rings is 2. The van der Waals surface area contributed by atoms with E-state index in [1.807, 2.05) is 72.4 Å². The third kappa shape index (κ3) is 5.77. The van der Waals surface area contributed by atoms with Gasteiger partial charge in [0.05, 0.1) is 11.1 Å². The lowest BCUT2D eigenvalue weighted by Gasteiger charge is -2.21. The molecule has 4 aromatic heterocycles. The van der Waals surface area contributed by atoms with Crippen molar-refractivity contribution >= 4 is 108 Å². The van der Waals surface area contributed by atoms with Crippen molar-refractivity contribution < 1.29 is 8.83 Å². The Hall–Kier alpha value is -8.10. The second-order valence-electron chi connectivity index (χ2n) is 16.7. The molecule has 308 valence electrons. The van der Waals surface area contributed by atoms with Gasteiger partial charge in [-0.2, -0.15) is 0 Å². The van der Waals surface area contributed by atoms with Crippen molar-refractivity contribution in [3.05, 3.63) is 206 Å². The largest absolute Gasteiger partial charge is 0.455 e. The van der Waals surface area contributed by atoms with Gasteiger partial charge in [-0.15, -0.1) is 11.3 Å². The van der Waals surface area contributed by atoms with Crippen LogP contribution >= 0.6 is 23.1 Å². The number of para-hydroxylation sites is 4. The molecule has 9 aromatic carbocycles. The third-order valence-corrected chi connectivity index (χ3v) is 15.1. The fraction of sp³-hybridized carbons (Fsp3) is 0. The Balaban J connectivity index is 0.929. The molecule has 0 radical (unpaired) electrons. The molecule has 14 rings (SSSR count). The molecule has 1 aliphatic heterocycles. The quantitative estimate of drug-likeness (QED) is 0.172. The number of thioether (sulfide) groups is 1. The lowest BCUT2D eigenvalue weighted by atomic mass is 9.96. The van der Waals surface area contributed by atoms with Gasteiger partial charge in [-0.25, -0.2) is 15.0 Å². The average Bonchev–Trinajstić information content (AvgIpc) is 4.07. The Morgan fingerprint density at radius 1 is 0.424 bits per heavy atom. The maximum atomic E-state index is 6.55. The highest BCUT2D eigenvalue weighted by molar-refractivity contribution is 8.08. The maximum Gasteiger partial charge on any atom is 0.167 e. The lowest BCUT2D eigenvalue weighted by molar-refractivity contribution is 0.669. The first-order valence-electron chi connectivity index (χ1n) is 21.8. The van der Waals surface area contributed by atoms with Gasteiger partial charge in [0.25, 0.3) is 0 Å².